The second-order valence-corrected chi connectivity index (χ2v) is 9.68. The van der Waals surface area contributed by atoms with Crippen LogP contribution >= 0.6 is 23.2 Å². The number of oxime groups is 1. The van der Waals surface area contributed by atoms with E-state index in [1.807, 2.05) is 0 Å². The molecule has 0 spiro atoms. The van der Waals surface area contributed by atoms with Crippen LogP contribution in [0.1, 0.15) is 40.5 Å². The number of aromatic nitrogens is 1. The monoisotopic (exact) mass is 557 g/mol. The first-order valence-electron chi connectivity index (χ1n) is 11.3. The molecule has 2 atom stereocenters. The van der Waals surface area contributed by atoms with Crippen LogP contribution in [0.4, 0.5) is 13.2 Å². The molecule has 1 N–H and O–H groups in total. The number of carbonyl (C=O) groups excluding carboxylic acids is 2. The van der Waals surface area contributed by atoms with Crippen LogP contribution in [-0.2, 0) is 33.2 Å². The molecule has 1 aromatic carbocycles. The fourth-order valence-electron chi connectivity index (χ4n) is 4.49. The number of rotatable bonds is 4. The molecule has 2 amide bonds. The Bertz CT molecular complexity index is 1290. The number of nitrogens with one attached hydrogen (secondary N) is 1. The molecule has 14 heteroatoms. The molecule has 0 bridgehead atoms. The van der Waals surface area contributed by atoms with Crippen LogP contribution in [0, 0.1) is 0 Å². The Kier molecular flexibility index (Phi) is 6.45. The van der Waals surface area contributed by atoms with Crippen LogP contribution in [0.2, 0.25) is 10.0 Å². The molecule has 1 aromatic heterocycles. The van der Waals surface area contributed by atoms with E-state index in [2.05, 4.69) is 15.5 Å². The minimum atomic E-state index is -4.81. The Balaban J connectivity index is 1.31. The highest BCUT2D eigenvalue weighted by Gasteiger charge is 2.63. The maximum atomic E-state index is 14.3. The molecule has 37 heavy (non-hydrogen) atoms. The van der Waals surface area contributed by atoms with Gasteiger partial charge in [-0.2, -0.15) is 13.2 Å². The number of amidine groups is 1. The van der Waals surface area contributed by atoms with Gasteiger partial charge in [-0.15, -0.1) is 0 Å². The van der Waals surface area contributed by atoms with Crippen molar-refractivity contribution in [1.82, 2.24) is 20.3 Å². The fraction of sp³-hybridized carbons (Fsp3) is 0.391. The van der Waals surface area contributed by atoms with Crippen LogP contribution in [-0.4, -0.2) is 58.0 Å². The Labute approximate surface area is 219 Å². The van der Waals surface area contributed by atoms with Crippen molar-refractivity contribution in [1.29, 1.82) is 0 Å². The summed E-state index contributed by atoms with van der Waals surface area (Å²) in [5, 5.41) is 7.64. The predicted molar refractivity (Wildman–Crippen MR) is 125 cm³/mol. The minimum Gasteiger partial charge on any atom is -0.372 e. The number of nitrogens with zero attached hydrogens (tertiary/aromatic N) is 4. The molecule has 1 saturated heterocycles. The Morgan fingerprint density at radius 1 is 1.19 bits per heavy atom. The van der Waals surface area contributed by atoms with Gasteiger partial charge in [0, 0.05) is 41.4 Å². The lowest BCUT2D eigenvalue weighted by Gasteiger charge is -2.30. The summed E-state index contributed by atoms with van der Waals surface area (Å²) in [7, 11) is 0. The van der Waals surface area contributed by atoms with Gasteiger partial charge >= 0.3 is 6.18 Å². The van der Waals surface area contributed by atoms with Crippen molar-refractivity contribution in [3.63, 3.8) is 0 Å². The van der Waals surface area contributed by atoms with Crippen LogP contribution in [0.5, 0.6) is 0 Å². The lowest BCUT2D eigenvalue weighted by Crippen LogP contribution is -2.43. The van der Waals surface area contributed by atoms with Crippen molar-refractivity contribution < 1.29 is 32.4 Å². The number of hydrogen-bond donors (Lipinski definition) is 1. The van der Waals surface area contributed by atoms with E-state index < -0.39 is 30.1 Å². The molecule has 196 valence electrons. The quantitative estimate of drug-likeness (QED) is 0.614. The Hall–Kier alpha value is -3.09. The second-order valence-electron chi connectivity index (χ2n) is 8.81. The van der Waals surface area contributed by atoms with Crippen molar-refractivity contribution >= 4 is 40.9 Å². The minimum absolute atomic E-state index is 0.0236. The number of benzene rings is 1. The average Bonchev–Trinajstić information content (AvgIpc) is 3.55. The van der Waals surface area contributed by atoms with Crippen molar-refractivity contribution in [2.24, 2.45) is 5.16 Å². The highest BCUT2D eigenvalue weighted by atomic mass is 35.5. The van der Waals surface area contributed by atoms with E-state index in [1.165, 1.54) is 17.3 Å². The van der Waals surface area contributed by atoms with Crippen molar-refractivity contribution in [2.45, 2.75) is 44.3 Å². The van der Waals surface area contributed by atoms with Crippen LogP contribution in [0.25, 0.3) is 0 Å². The van der Waals surface area contributed by atoms with Crippen molar-refractivity contribution in [3.8, 4) is 0 Å². The topological polar surface area (TPSA) is 96.4 Å². The van der Waals surface area contributed by atoms with E-state index in [0.717, 1.165) is 17.7 Å². The van der Waals surface area contributed by atoms with Gasteiger partial charge in [0.1, 0.15) is 24.2 Å². The van der Waals surface area contributed by atoms with E-state index >= 15 is 0 Å². The summed E-state index contributed by atoms with van der Waals surface area (Å²) >= 11 is 11.9. The molecule has 4 heterocycles. The zero-order chi connectivity index (χ0) is 26.5. The van der Waals surface area contributed by atoms with Crippen LogP contribution in [0.3, 0.4) is 0 Å². The molecule has 2 aromatic rings. The highest BCUT2D eigenvalue weighted by molar-refractivity contribution is 6.34. The summed E-state index contributed by atoms with van der Waals surface area (Å²) in [6.07, 6.45) is -3.90. The lowest BCUT2D eigenvalue weighted by molar-refractivity contribution is -0.275. The molecule has 0 radical (unpaired) electrons. The van der Waals surface area contributed by atoms with Crippen molar-refractivity contribution in [2.75, 3.05) is 13.2 Å². The molecular formula is C23H20Cl2F3N5O4. The molecule has 0 saturated carbocycles. The summed E-state index contributed by atoms with van der Waals surface area (Å²) < 4.78 is 42.8. The van der Waals surface area contributed by atoms with Gasteiger partial charge in [0.05, 0.1) is 6.42 Å². The number of hydroxylamine groups is 2. The summed E-state index contributed by atoms with van der Waals surface area (Å²) in [5.74, 6) is -0.822. The smallest absolute Gasteiger partial charge is 0.372 e. The third-order valence-corrected chi connectivity index (χ3v) is 6.87. The van der Waals surface area contributed by atoms with Crippen LogP contribution in [0.15, 0.2) is 35.6 Å². The Morgan fingerprint density at radius 3 is 2.54 bits per heavy atom. The molecule has 1 unspecified atom stereocenters. The number of fused-ring (bicyclic) bond motifs is 1. The molecule has 5 rings (SSSR count). The maximum absolute atomic E-state index is 14.3. The highest BCUT2D eigenvalue weighted by Crippen LogP contribution is 2.49. The largest absolute Gasteiger partial charge is 0.435 e. The normalized spacial score (nSPS) is 23.2. The number of amides is 2. The zero-order valence-electron chi connectivity index (χ0n) is 19.3. The number of hydrogen-bond acceptors (Lipinski definition) is 7. The first-order valence-corrected chi connectivity index (χ1v) is 12.0. The van der Waals surface area contributed by atoms with Gasteiger partial charge in [-0.3, -0.25) is 19.4 Å². The predicted octanol–water partition coefficient (Wildman–Crippen LogP) is 3.79. The summed E-state index contributed by atoms with van der Waals surface area (Å²) in [5.41, 5.74) is -1.49. The number of halogens is 5. The third kappa shape index (κ3) is 4.57. The van der Waals surface area contributed by atoms with Gasteiger partial charge in [-0.1, -0.05) is 28.4 Å². The summed E-state index contributed by atoms with van der Waals surface area (Å²) in [6, 6.07) is 4.38. The molecule has 9 nitrogen and oxygen atoms in total. The van der Waals surface area contributed by atoms with Crippen molar-refractivity contribution in [3.05, 3.63) is 62.9 Å². The van der Waals surface area contributed by atoms with E-state index in [-0.39, 0.29) is 52.7 Å². The maximum Gasteiger partial charge on any atom is 0.435 e. The number of likely N-dealkylation sites (N-methyl/N-ethyl adjacent to an activating group) is 1. The zero-order valence-corrected chi connectivity index (χ0v) is 20.8. The van der Waals surface area contributed by atoms with Gasteiger partial charge in [0.25, 0.3) is 17.4 Å². The van der Waals surface area contributed by atoms with Gasteiger partial charge in [-0.25, -0.2) is 5.06 Å². The third-order valence-electron chi connectivity index (χ3n) is 6.44. The second kappa shape index (κ2) is 9.34. The standard InChI is InChI=1S/C23H20Cl2F3N5O4/c1-2-33-21(35)18(11-36-33)30-20(34)17-3-12-9-32(10-13(12)8-29-17)19-7-22(37-31-19,23(26,27)28)14-4-15(24)6-16(25)5-14/h3-6,8,18H,2,7,9-11H2,1H3,(H,30,34)/t18-,22?/m1/s1. The molecule has 0 aliphatic carbocycles. The van der Waals surface area contributed by atoms with Gasteiger partial charge in [-0.05, 0) is 42.3 Å². The van der Waals surface area contributed by atoms with Gasteiger partial charge in [0.15, 0.2) is 0 Å². The first kappa shape index (κ1) is 25.6. The Morgan fingerprint density at radius 2 is 1.89 bits per heavy atom. The molecule has 3 aliphatic rings. The van der Waals surface area contributed by atoms with E-state index in [0.29, 0.717) is 12.1 Å². The average molecular weight is 558 g/mol. The van der Waals surface area contributed by atoms with Crippen LogP contribution < -0.4 is 5.32 Å². The number of carbonyl (C=O) groups is 2. The first-order chi connectivity index (χ1) is 17.5. The summed E-state index contributed by atoms with van der Waals surface area (Å²) in [4.78, 5) is 40.9. The molecule has 3 aliphatic heterocycles. The molecular weight excluding hydrogens is 538 g/mol. The van der Waals surface area contributed by atoms with Gasteiger partial charge < -0.3 is 15.1 Å². The SMILES string of the molecule is CCN1OC[C@@H](NC(=O)c2cc3c(cn2)CN(C2=NOC(c4cc(Cl)cc(Cl)c4)(C(F)(F)F)C2)C3)C1=O. The number of alkyl halides is 3. The molecule has 1 fully saturated rings. The van der Waals surface area contributed by atoms with E-state index in [1.54, 1.807) is 17.9 Å². The lowest BCUT2D eigenvalue weighted by atomic mass is 9.89. The van der Waals surface area contributed by atoms with E-state index in [9.17, 15) is 22.8 Å². The number of pyridine rings is 1. The van der Waals surface area contributed by atoms with E-state index in [4.69, 9.17) is 32.9 Å². The summed E-state index contributed by atoms with van der Waals surface area (Å²) in [6.45, 7) is 2.55. The fourth-order valence-corrected chi connectivity index (χ4v) is 5.02. The van der Waals surface area contributed by atoms with Gasteiger partial charge in [0.2, 0.25) is 0 Å².